The zero-order valence-corrected chi connectivity index (χ0v) is 16.7. The summed E-state index contributed by atoms with van der Waals surface area (Å²) in [5.74, 6) is 1.89. The van der Waals surface area contributed by atoms with Crippen LogP contribution in [0, 0.1) is 12.8 Å². The minimum atomic E-state index is 0.0982. The fraction of sp³-hybridized carbons (Fsp3) is 0.522. The molecule has 4 aliphatic rings. The SMILES string of the molecule is CCc1ncc(C(=O)N2C[C@@H](c3ccc(C)cc3)[C@@H]3[C@H]2C2CCN3CC2)cn1. The summed E-state index contributed by atoms with van der Waals surface area (Å²) in [6, 6.07) is 9.66. The highest BCUT2D eigenvalue weighted by Crippen LogP contribution is 2.46. The Morgan fingerprint density at radius 1 is 1.07 bits per heavy atom. The van der Waals surface area contributed by atoms with Crippen LogP contribution >= 0.6 is 0 Å². The number of fused-ring (bicyclic) bond motifs is 2. The molecule has 0 saturated carbocycles. The molecule has 4 fully saturated rings. The van der Waals surface area contributed by atoms with E-state index in [-0.39, 0.29) is 5.91 Å². The average molecular weight is 377 g/mol. The van der Waals surface area contributed by atoms with Crippen molar-refractivity contribution in [2.45, 2.75) is 51.1 Å². The number of carbonyl (C=O) groups excluding carboxylic acids is 1. The van der Waals surface area contributed by atoms with Crippen molar-refractivity contribution in [3.8, 4) is 0 Å². The Hall–Kier alpha value is -2.27. The van der Waals surface area contributed by atoms with Gasteiger partial charge in [-0.05, 0) is 44.3 Å². The summed E-state index contributed by atoms with van der Waals surface area (Å²) >= 11 is 0. The molecule has 1 amide bonds. The molecule has 2 aromatic rings. The van der Waals surface area contributed by atoms with E-state index in [2.05, 4.69) is 51.0 Å². The highest BCUT2D eigenvalue weighted by molar-refractivity contribution is 5.94. The average Bonchev–Trinajstić information content (AvgIpc) is 3.17. The fourth-order valence-corrected chi connectivity index (χ4v) is 5.58. The van der Waals surface area contributed by atoms with Gasteiger partial charge in [0.1, 0.15) is 5.82 Å². The van der Waals surface area contributed by atoms with E-state index in [0.29, 0.717) is 29.5 Å². The van der Waals surface area contributed by atoms with Crippen LogP contribution in [0.1, 0.15) is 53.0 Å². The summed E-state index contributed by atoms with van der Waals surface area (Å²) < 4.78 is 0. The largest absolute Gasteiger partial charge is 0.333 e. The van der Waals surface area contributed by atoms with Crippen molar-refractivity contribution in [3.05, 3.63) is 59.2 Å². The van der Waals surface area contributed by atoms with Gasteiger partial charge in [-0.25, -0.2) is 9.97 Å². The molecule has 1 aromatic carbocycles. The second-order valence-electron chi connectivity index (χ2n) is 8.57. The van der Waals surface area contributed by atoms with E-state index in [4.69, 9.17) is 0 Å². The predicted octanol–water partition coefficient (Wildman–Crippen LogP) is 3.05. The molecule has 0 radical (unpaired) electrons. The lowest BCUT2D eigenvalue weighted by molar-refractivity contribution is -0.00343. The first-order valence-electron chi connectivity index (χ1n) is 10.6. The topological polar surface area (TPSA) is 49.3 Å². The fourth-order valence-electron chi connectivity index (χ4n) is 5.58. The lowest BCUT2D eigenvalue weighted by Gasteiger charge is -2.51. The second-order valence-corrected chi connectivity index (χ2v) is 8.57. The quantitative estimate of drug-likeness (QED) is 0.826. The Morgan fingerprint density at radius 2 is 1.75 bits per heavy atom. The first-order chi connectivity index (χ1) is 13.7. The van der Waals surface area contributed by atoms with Crippen LogP contribution < -0.4 is 0 Å². The zero-order chi connectivity index (χ0) is 19.3. The number of piperidine rings is 3. The third-order valence-electron chi connectivity index (χ3n) is 7.03. The Morgan fingerprint density at radius 3 is 2.39 bits per heavy atom. The van der Waals surface area contributed by atoms with Crippen LogP contribution in [0.25, 0.3) is 0 Å². The minimum Gasteiger partial charge on any atom is -0.333 e. The molecule has 3 atom stereocenters. The number of hydrogen-bond donors (Lipinski definition) is 0. The van der Waals surface area contributed by atoms with Crippen molar-refractivity contribution < 1.29 is 4.79 Å². The van der Waals surface area contributed by atoms with E-state index in [1.807, 2.05) is 6.92 Å². The number of aryl methyl sites for hydroxylation is 2. The summed E-state index contributed by atoms with van der Waals surface area (Å²) in [7, 11) is 0. The molecule has 4 aliphatic heterocycles. The first kappa shape index (κ1) is 17.8. The summed E-state index contributed by atoms with van der Waals surface area (Å²) in [4.78, 5) is 26.9. The molecule has 0 unspecified atom stereocenters. The Bertz CT molecular complexity index is 855. The van der Waals surface area contributed by atoms with Crippen molar-refractivity contribution >= 4 is 5.91 Å². The zero-order valence-electron chi connectivity index (χ0n) is 16.7. The molecule has 146 valence electrons. The molecule has 4 saturated heterocycles. The number of aromatic nitrogens is 2. The van der Waals surface area contributed by atoms with Crippen molar-refractivity contribution in [3.63, 3.8) is 0 Å². The molecule has 0 N–H and O–H groups in total. The second kappa shape index (κ2) is 6.96. The van der Waals surface area contributed by atoms with Gasteiger partial charge in [-0.2, -0.15) is 0 Å². The maximum absolute atomic E-state index is 13.4. The number of hydrogen-bond acceptors (Lipinski definition) is 4. The van der Waals surface area contributed by atoms with E-state index in [1.54, 1.807) is 12.4 Å². The van der Waals surface area contributed by atoms with Gasteiger partial charge in [0, 0.05) is 37.3 Å². The van der Waals surface area contributed by atoms with Gasteiger partial charge in [0.05, 0.1) is 11.6 Å². The molecule has 5 nitrogen and oxygen atoms in total. The number of nitrogens with zero attached hydrogens (tertiary/aromatic N) is 4. The predicted molar refractivity (Wildman–Crippen MR) is 108 cm³/mol. The van der Waals surface area contributed by atoms with Crippen LogP contribution in [0.15, 0.2) is 36.7 Å². The highest BCUT2D eigenvalue weighted by atomic mass is 16.2. The number of amides is 1. The first-order valence-corrected chi connectivity index (χ1v) is 10.6. The maximum atomic E-state index is 13.4. The van der Waals surface area contributed by atoms with E-state index < -0.39 is 0 Å². The maximum Gasteiger partial charge on any atom is 0.257 e. The lowest BCUT2D eigenvalue weighted by atomic mass is 9.75. The molecule has 0 spiro atoms. The van der Waals surface area contributed by atoms with Gasteiger partial charge in [-0.1, -0.05) is 36.8 Å². The monoisotopic (exact) mass is 376 g/mol. The molecule has 0 aliphatic carbocycles. The van der Waals surface area contributed by atoms with Gasteiger partial charge in [0.2, 0.25) is 0 Å². The number of likely N-dealkylation sites (tertiary alicyclic amines) is 1. The Balaban J connectivity index is 1.49. The Kier molecular flexibility index (Phi) is 4.43. The van der Waals surface area contributed by atoms with Crippen molar-refractivity contribution in [2.24, 2.45) is 5.92 Å². The van der Waals surface area contributed by atoms with Crippen LogP contribution in [0.3, 0.4) is 0 Å². The van der Waals surface area contributed by atoms with Crippen LogP contribution in [-0.2, 0) is 6.42 Å². The van der Waals surface area contributed by atoms with E-state index in [1.165, 1.54) is 37.1 Å². The summed E-state index contributed by atoms with van der Waals surface area (Å²) in [5, 5.41) is 0. The number of benzene rings is 1. The van der Waals surface area contributed by atoms with Gasteiger partial charge in [-0.3, -0.25) is 9.69 Å². The minimum absolute atomic E-state index is 0.0982. The van der Waals surface area contributed by atoms with Gasteiger partial charge >= 0.3 is 0 Å². The van der Waals surface area contributed by atoms with Crippen LogP contribution in [0.2, 0.25) is 0 Å². The molecule has 28 heavy (non-hydrogen) atoms. The molecule has 6 rings (SSSR count). The van der Waals surface area contributed by atoms with Gasteiger partial charge in [-0.15, -0.1) is 0 Å². The van der Waals surface area contributed by atoms with E-state index in [0.717, 1.165) is 18.8 Å². The van der Waals surface area contributed by atoms with Gasteiger partial charge in [0.25, 0.3) is 5.91 Å². The lowest BCUT2D eigenvalue weighted by Crippen LogP contribution is -2.60. The van der Waals surface area contributed by atoms with E-state index in [9.17, 15) is 4.79 Å². The normalized spacial score (nSPS) is 31.1. The smallest absolute Gasteiger partial charge is 0.257 e. The summed E-state index contributed by atoms with van der Waals surface area (Å²) in [6.45, 7) is 7.29. The molecule has 1 aromatic heterocycles. The third kappa shape index (κ3) is 2.84. The Labute approximate surface area is 166 Å². The van der Waals surface area contributed by atoms with Crippen molar-refractivity contribution in [1.29, 1.82) is 0 Å². The summed E-state index contributed by atoms with van der Waals surface area (Å²) in [6.07, 6.45) is 6.62. The van der Waals surface area contributed by atoms with Gasteiger partial charge < -0.3 is 4.90 Å². The van der Waals surface area contributed by atoms with Crippen LogP contribution in [0.4, 0.5) is 0 Å². The molecule has 5 heterocycles. The standard InChI is InChI=1S/C23H28N4O/c1-3-20-24-12-18(13-25-20)23(28)27-14-19(16-6-4-15(2)5-7-16)22-21(27)17-8-10-26(22)11-9-17/h4-7,12-13,17,19,21-22H,3,8-11,14H2,1-2H3/t19-,21+,22+/m0/s1. The molecule has 2 bridgehead atoms. The van der Waals surface area contributed by atoms with Gasteiger partial charge in [0.15, 0.2) is 0 Å². The molecular weight excluding hydrogens is 348 g/mol. The number of rotatable bonds is 3. The van der Waals surface area contributed by atoms with Crippen LogP contribution in [0.5, 0.6) is 0 Å². The number of carbonyl (C=O) groups is 1. The third-order valence-corrected chi connectivity index (χ3v) is 7.03. The molecule has 5 heteroatoms. The van der Waals surface area contributed by atoms with Crippen LogP contribution in [-0.4, -0.2) is 57.4 Å². The summed E-state index contributed by atoms with van der Waals surface area (Å²) in [5.41, 5.74) is 3.27. The highest BCUT2D eigenvalue weighted by Gasteiger charge is 2.54. The van der Waals surface area contributed by atoms with Crippen molar-refractivity contribution in [2.75, 3.05) is 19.6 Å². The van der Waals surface area contributed by atoms with Crippen molar-refractivity contribution in [1.82, 2.24) is 19.8 Å². The molecular formula is C23H28N4O. The van der Waals surface area contributed by atoms with E-state index >= 15 is 0 Å².